The number of nitrogens with zero attached hydrogens (tertiary/aromatic N) is 2. The van der Waals surface area contributed by atoms with E-state index in [0.717, 1.165) is 28.4 Å². The van der Waals surface area contributed by atoms with E-state index in [2.05, 4.69) is 38.2 Å². The number of hydrogen-bond acceptors (Lipinski definition) is 4. The highest BCUT2D eigenvalue weighted by molar-refractivity contribution is 7.80. The zero-order valence-corrected chi connectivity index (χ0v) is 22.2. The number of amidine groups is 1. The summed E-state index contributed by atoms with van der Waals surface area (Å²) in [5.41, 5.74) is 11.0. The van der Waals surface area contributed by atoms with Gasteiger partial charge in [-0.3, -0.25) is 0 Å². The Morgan fingerprint density at radius 1 is 0.900 bits per heavy atom. The highest BCUT2D eigenvalue weighted by Gasteiger charge is 2.30. The Morgan fingerprint density at radius 2 is 1.52 bits per heavy atom. The summed E-state index contributed by atoms with van der Waals surface area (Å²) in [5.74, 6) is -0.0944. The number of thiocarbonyl (C=S) groups is 1. The Kier molecular flexibility index (Phi) is 10.7. The number of nitrogens with one attached hydrogen (secondary N) is 2. The van der Waals surface area contributed by atoms with E-state index in [4.69, 9.17) is 23.4 Å². The standard InChI is InChI=1S/C16H13F3N4O.C14H13NS/c17-16(18,19)24-14-7-5-13(6-8-14)22-10-23-15(21)12-3-1-11(9-20)2-4-12;1-11(16)15-14-10-6-5-9-13(14)12-7-3-2-4-8-12/h1-10,20H,(H2,21,22,23);2-10H,1H3,(H,15,16). The molecular weight excluding hydrogens is 535 g/mol. The molecule has 10 heteroatoms. The fraction of sp³-hybridized carbons (Fsp3) is 0.0667. The van der Waals surface area contributed by atoms with Gasteiger partial charge in [0.2, 0.25) is 0 Å². The molecule has 0 aromatic heterocycles. The Hall–Kier alpha value is -4.83. The topological polar surface area (TPSA) is 95.9 Å². The second kappa shape index (κ2) is 14.4. The molecule has 0 spiro atoms. The predicted molar refractivity (Wildman–Crippen MR) is 160 cm³/mol. The second-order valence-electron chi connectivity index (χ2n) is 8.16. The van der Waals surface area contributed by atoms with Crippen molar-refractivity contribution < 1.29 is 17.9 Å². The molecule has 4 rings (SSSR count). The third-order valence-electron chi connectivity index (χ3n) is 5.17. The van der Waals surface area contributed by atoms with Gasteiger partial charge in [-0.15, -0.1) is 13.2 Å². The van der Waals surface area contributed by atoms with Crippen molar-refractivity contribution in [1.29, 1.82) is 5.41 Å². The first-order valence-corrected chi connectivity index (χ1v) is 12.3. The lowest BCUT2D eigenvalue weighted by molar-refractivity contribution is -0.274. The predicted octanol–water partition coefficient (Wildman–Crippen LogP) is 7.76. The van der Waals surface area contributed by atoms with Crippen LogP contribution in [0.1, 0.15) is 18.1 Å². The third kappa shape index (κ3) is 9.80. The van der Waals surface area contributed by atoms with Crippen LogP contribution in [0.25, 0.3) is 11.1 Å². The molecule has 204 valence electrons. The summed E-state index contributed by atoms with van der Waals surface area (Å²) >= 11 is 5.08. The van der Waals surface area contributed by atoms with Crippen LogP contribution in [-0.2, 0) is 0 Å². The molecular formula is C30H26F3N5OS. The molecule has 4 aromatic rings. The number of anilines is 1. The number of nitrogens with two attached hydrogens (primary N) is 1. The normalized spacial score (nSPS) is 11.3. The number of hydrogen-bond donors (Lipinski definition) is 3. The van der Waals surface area contributed by atoms with Gasteiger partial charge in [0.25, 0.3) is 0 Å². The lowest BCUT2D eigenvalue weighted by atomic mass is 10.0. The summed E-state index contributed by atoms with van der Waals surface area (Å²) in [5, 5.41) is 10.3. The van der Waals surface area contributed by atoms with Crippen molar-refractivity contribution in [2.24, 2.45) is 15.7 Å². The van der Waals surface area contributed by atoms with E-state index in [9.17, 15) is 13.2 Å². The van der Waals surface area contributed by atoms with Gasteiger partial charge in [0.15, 0.2) is 0 Å². The molecule has 0 aliphatic heterocycles. The lowest BCUT2D eigenvalue weighted by Gasteiger charge is -2.10. The molecule has 0 aliphatic rings. The van der Waals surface area contributed by atoms with Gasteiger partial charge in [-0.2, -0.15) is 0 Å². The molecule has 0 saturated carbocycles. The van der Waals surface area contributed by atoms with Crippen molar-refractivity contribution in [3.8, 4) is 16.9 Å². The number of aliphatic imine (C=N–C) groups is 2. The van der Waals surface area contributed by atoms with E-state index in [1.54, 1.807) is 24.3 Å². The molecule has 0 radical (unpaired) electrons. The molecule has 0 bridgehead atoms. The summed E-state index contributed by atoms with van der Waals surface area (Å²) in [7, 11) is 0. The van der Waals surface area contributed by atoms with Crippen molar-refractivity contribution in [1.82, 2.24) is 0 Å². The second-order valence-corrected chi connectivity index (χ2v) is 8.77. The number of benzene rings is 4. The Balaban J connectivity index is 0.000000238. The van der Waals surface area contributed by atoms with Gasteiger partial charge in [0, 0.05) is 23.0 Å². The van der Waals surface area contributed by atoms with Crippen LogP contribution in [0.5, 0.6) is 5.75 Å². The number of rotatable bonds is 7. The monoisotopic (exact) mass is 561 g/mol. The van der Waals surface area contributed by atoms with Crippen LogP contribution in [0.4, 0.5) is 24.5 Å². The summed E-state index contributed by atoms with van der Waals surface area (Å²) < 4.78 is 39.9. The minimum Gasteiger partial charge on any atom is -0.406 e. The number of halogens is 3. The molecule has 4 aromatic carbocycles. The molecule has 0 unspecified atom stereocenters. The first-order valence-electron chi connectivity index (χ1n) is 11.9. The van der Waals surface area contributed by atoms with Crippen LogP contribution in [0.3, 0.4) is 0 Å². The summed E-state index contributed by atoms with van der Waals surface area (Å²) in [4.78, 5) is 8.72. The molecule has 0 aliphatic carbocycles. The molecule has 0 atom stereocenters. The molecule has 6 nitrogen and oxygen atoms in total. The van der Waals surface area contributed by atoms with Crippen LogP contribution in [0.2, 0.25) is 0 Å². The minimum atomic E-state index is -4.73. The lowest BCUT2D eigenvalue weighted by Crippen LogP contribution is -2.16. The number of para-hydroxylation sites is 1. The first kappa shape index (κ1) is 29.7. The average Bonchev–Trinajstić information content (AvgIpc) is 2.94. The van der Waals surface area contributed by atoms with Crippen LogP contribution in [0, 0.1) is 5.41 Å². The molecule has 4 N–H and O–H groups in total. The van der Waals surface area contributed by atoms with Gasteiger partial charge >= 0.3 is 6.36 Å². The highest BCUT2D eigenvalue weighted by atomic mass is 32.1. The largest absolute Gasteiger partial charge is 0.573 e. The summed E-state index contributed by atoms with van der Waals surface area (Å²) in [6, 6.07) is 30.4. The van der Waals surface area contributed by atoms with Gasteiger partial charge < -0.3 is 21.2 Å². The van der Waals surface area contributed by atoms with E-state index in [1.165, 1.54) is 35.8 Å². The summed E-state index contributed by atoms with van der Waals surface area (Å²) in [6.45, 7) is 1.89. The highest BCUT2D eigenvalue weighted by Crippen LogP contribution is 2.27. The molecule has 0 fully saturated rings. The van der Waals surface area contributed by atoms with Crippen LogP contribution in [0.15, 0.2) is 113 Å². The fourth-order valence-electron chi connectivity index (χ4n) is 3.37. The fourth-order valence-corrected chi connectivity index (χ4v) is 3.48. The van der Waals surface area contributed by atoms with E-state index >= 15 is 0 Å². The van der Waals surface area contributed by atoms with Crippen LogP contribution >= 0.6 is 12.2 Å². The van der Waals surface area contributed by atoms with Crippen molar-refractivity contribution in [3.05, 3.63) is 114 Å². The van der Waals surface area contributed by atoms with E-state index in [1.807, 2.05) is 43.3 Å². The van der Waals surface area contributed by atoms with Gasteiger partial charge in [-0.05, 0) is 48.4 Å². The molecule has 40 heavy (non-hydrogen) atoms. The van der Waals surface area contributed by atoms with E-state index in [-0.39, 0.29) is 11.6 Å². The average molecular weight is 562 g/mol. The van der Waals surface area contributed by atoms with Gasteiger partial charge in [0.1, 0.15) is 17.9 Å². The zero-order chi connectivity index (χ0) is 29.0. The maximum atomic E-state index is 12.0. The third-order valence-corrected chi connectivity index (χ3v) is 5.27. The van der Waals surface area contributed by atoms with E-state index < -0.39 is 6.36 Å². The minimum absolute atomic E-state index is 0.229. The van der Waals surface area contributed by atoms with Crippen molar-refractivity contribution in [2.45, 2.75) is 13.3 Å². The first-order chi connectivity index (χ1) is 19.1. The Bertz CT molecular complexity index is 1470. The van der Waals surface area contributed by atoms with Gasteiger partial charge in [0.05, 0.1) is 10.7 Å². The van der Waals surface area contributed by atoms with Crippen molar-refractivity contribution in [3.63, 3.8) is 0 Å². The van der Waals surface area contributed by atoms with Crippen molar-refractivity contribution in [2.75, 3.05) is 5.32 Å². The molecule has 0 amide bonds. The van der Waals surface area contributed by atoms with Gasteiger partial charge in [-0.1, -0.05) is 85.0 Å². The van der Waals surface area contributed by atoms with Crippen molar-refractivity contribution >= 4 is 47.0 Å². The summed E-state index contributed by atoms with van der Waals surface area (Å²) in [6.07, 6.45) is -2.30. The Morgan fingerprint density at radius 3 is 2.12 bits per heavy atom. The van der Waals surface area contributed by atoms with Crippen LogP contribution in [-0.4, -0.2) is 29.7 Å². The maximum absolute atomic E-state index is 12.0. The maximum Gasteiger partial charge on any atom is 0.573 e. The number of alkyl halides is 3. The zero-order valence-electron chi connectivity index (χ0n) is 21.4. The quantitative estimate of drug-likeness (QED) is 0.122. The van der Waals surface area contributed by atoms with E-state index in [0.29, 0.717) is 11.3 Å². The van der Waals surface area contributed by atoms with Crippen LogP contribution < -0.4 is 15.8 Å². The van der Waals surface area contributed by atoms with Gasteiger partial charge in [-0.25, -0.2) is 9.98 Å². The molecule has 0 saturated heterocycles. The molecule has 0 heterocycles. The SMILES string of the molecule is CC(=S)Nc1ccccc1-c1ccccc1.N=Cc1ccc(C(N)=NC=Nc2ccc(OC(F)(F)F)cc2)cc1. The smallest absolute Gasteiger partial charge is 0.406 e. The Labute approximate surface area is 235 Å². The number of ether oxygens (including phenoxy) is 1.